The summed E-state index contributed by atoms with van der Waals surface area (Å²) in [6.45, 7) is 7.32. The minimum Gasteiger partial charge on any atom is -0.348 e. The van der Waals surface area contributed by atoms with Crippen LogP contribution in [-0.4, -0.2) is 30.1 Å². The van der Waals surface area contributed by atoms with Crippen molar-refractivity contribution in [3.8, 4) is 0 Å². The van der Waals surface area contributed by atoms with Crippen LogP contribution in [0.15, 0.2) is 24.3 Å². The molecule has 0 amide bonds. The Balaban J connectivity index is 0.000000771. The standard InChI is InChI=1S/C14H20N2.C2H6/c1-11-12(9-10-15(2)3)13-7-5-6-8-14(13)16(11)4;1-2/h5-8H,9-10H2,1-4H3;1-2H3. The fraction of sp³-hybridized carbons (Fsp3) is 0.500. The van der Waals surface area contributed by atoms with Crippen LogP contribution in [0, 0.1) is 6.92 Å². The van der Waals surface area contributed by atoms with Gasteiger partial charge in [0, 0.05) is 30.2 Å². The number of para-hydroxylation sites is 1. The molecule has 0 unspecified atom stereocenters. The molecule has 2 nitrogen and oxygen atoms in total. The molecule has 0 saturated carbocycles. The SMILES string of the molecule is CC.Cc1c(CCN(C)C)c2ccccc2n1C. The van der Waals surface area contributed by atoms with E-state index in [2.05, 4.69) is 61.8 Å². The molecule has 1 heterocycles. The van der Waals surface area contributed by atoms with Crippen molar-refractivity contribution in [2.24, 2.45) is 7.05 Å². The van der Waals surface area contributed by atoms with Crippen molar-refractivity contribution >= 4 is 10.9 Å². The van der Waals surface area contributed by atoms with Crippen LogP contribution in [0.25, 0.3) is 10.9 Å². The fourth-order valence-corrected chi connectivity index (χ4v) is 2.25. The third-order valence-electron chi connectivity index (χ3n) is 3.34. The molecule has 2 rings (SSSR count). The zero-order valence-electron chi connectivity index (χ0n) is 12.6. The zero-order chi connectivity index (χ0) is 13.7. The second kappa shape index (κ2) is 6.60. The van der Waals surface area contributed by atoms with E-state index < -0.39 is 0 Å². The first-order valence-corrected chi connectivity index (χ1v) is 6.79. The number of aromatic nitrogens is 1. The number of nitrogens with zero attached hydrogens (tertiary/aromatic N) is 2. The number of hydrogen-bond donors (Lipinski definition) is 0. The van der Waals surface area contributed by atoms with Crippen molar-refractivity contribution in [2.75, 3.05) is 20.6 Å². The van der Waals surface area contributed by atoms with Crippen LogP contribution in [-0.2, 0) is 13.5 Å². The molecule has 0 bridgehead atoms. The van der Waals surface area contributed by atoms with Crippen LogP contribution >= 0.6 is 0 Å². The van der Waals surface area contributed by atoms with Crippen LogP contribution in [0.1, 0.15) is 25.1 Å². The Morgan fingerprint density at radius 3 is 2.33 bits per heavy atom. The highest BCUT2D eigenvalue weighted by Gasteiger charge is 2.10. The van der Waals surface area contributed by atoms with Crippen molar-refractivity contribution in [2.45, 2.75) is 27.2 Å². The topological polar surface area (TPSA) is 8.17 Å². The van der Waals surface area contributed by atoms with Crippen molar-refractivity contribution < 1.29 is 0 Å². The predicted octanol–water partition coefficient (Wildman–Crippen LogP) is 3.62. The molecule has 0 N–H and O–H groups in total. The van der Waals surface area contributed by atoms with Crippen molar-refractivity contribution in [3.63, 3.8) is 0 Å². The lowest BCUT2D eigenvalue weighted by Crippen LogP contribution is -2.15. The smallest absolute Gasteiger partial charge is 0.0482 e. The highest BCUT2D eigenvalue weighted by Crippen LogP contribution is 2.24. The molecular formula is C16H26N2. The van der Waals surface area contributed by atoms with Crippen LogP contribution in [0.3, 0.4) is 0 Å². The highest BCUT2D eigenvalue weighted by atomic mass is 15.0. The minimum atomic E-state index is 1.11. The van der Waals surface area contributed by atoms with Gasteiger partial charge in [-0.3, -0.25) is 0 Å². The average molecular weight is 246 g/mol. The van der Waals surface area contributed by atoms with E-state index in [1.807, 2.05) is 13.8 Å². The summed E-state index contributed by atoms with van der Waals surface area (Å²) in [6, 6.07) is 8.66. The molecule has 100 valence electrons. The maximum absolute atomic E-state index is 2.29. The molecule has 0 aliphatic heterocycles. The van der Waals surface area contributed by atoms with Gasteiger partial charge in [-0.25, -0.2) is 0 Å². The maximum atomic E-state index is 2.29. The molecule has 0 aliphatic rings. The highest BCUT2D eigenvalue weighted by molar-refractivity contribution is 5.85. The van der Waals surface area contributed by atoms with E-state index >= 15 is 0 Å². The minimum absolute atomic E-state index is 1.11. The lowest BCUT2D eigenvalue weighted by atomic mass is 10.1. The molecular weight excluding hydrogens is 220 g/mol. The normalized spacial score (nSPS) is 10.6. The van der Waals surface area contributed by atoms with Gasteiger partial charge in [-0.05, 0) is 39.1 Å². The number of aryl methyl sites for hydroxylation is 1. The lowest BCUT2D eigenvalue weighted by Gasteiger charge is -2.09. The van der Waals surface area contributed by atoms with Crippen molar-refractivity contribution in [3.05, 3.63) is 35.5 Å². The molecule has 1 aromatic heterocycles. The van der Waals surface area contributed by atoms with Gasteiger partial charge in [-0.2, -0.15) is 0 Å². The van der Waals surface area contributed by atoms with Crippen LogP contribution in [0.4, 0.5) is 0 Å². The maximum Gasteiger partial charge on any atom is 0.0482 e. The van der Waals surface area contributed by atoms with Gasteiger partial charge in [-0.1, -0.05) is 32.0 Å². The van der Waals surface area contributed by atoms with Crippen LogP contribution < -0.4 is 0 Å². The molecule has 0 fully saturated rings. The van der Waals surface area contributed by atoms with Crippen molar-refractivity contribution in [1.29, 1.82) is 0 Å². The van der Waals surface area contributed by atoms with E-state index in [0.717, 1.165) is 13.0 Å². The van der Waals surface area contributed by atoms with Gasteiger partial charge in [0.15, 0.2) is 0 Å². The Bertz CT molecular complexity index is 495. The lowest BCUT2D eigenvalue weighted by molar-refractivity contribution is 0.413. The quantitative estimate of drug-likeness (QED) is 0.803. The van der Waals surface area contributed by atoms with Gasteiger partial charge in [0.2, 0.25) is 0 Å². The number of hydrogen-bond acceptors (Lipinski definition) is 1. The predicted molar refractivity (Wildman–Crippen MR) is 81.3 cm³/mol. The summed E-state index contributed by atoms with van der Waals surface area (Å²) < 4.78 is 2.29. The summed E-state index contributed by atoms with van der Waals surface area (Å²) in [7, 11) is 6.40. The molecule has 2 aromatic rings. The fourth-order valence-electron chi connectivity index (χ4n) is 2.25. The van der Waals surface area contributed by atoms with Gasteiger partial charge in [-0.15, -0.1) is 0 Å². The zero-order valence-corrected chi connectivity index (χ0v) is 12.6. The van der Waals surface area contributed by atoms with Crippen LogP contribution in [0.2, 0.25) is 0 Å². The van der Waals surface area contributed by atoms with E-state index in [9.17, 15) is 0 Å². The Labute approximate surface area is 111 Å². The summed E-state index contributed by atoms with van der Waals surface area (Å²) in [4.78, 5) is 2.24. The van der Waals surface area contributed by atoms with Gasteiger partial charge in [0.1, 0.15) is 0 Å². The Morgan fingerprint density at radius 1 is 1.11 bits per heavy atom. The summed E-state index contributed by atoms with van der Waals surface area (Å²) in [6.07, 6.45) is 1.13. The van der Waals surface area contributed by atoms with E-state index in [0.29, 0.717) is 0 Å². The number of likely N-dealkylation sites (N-methyl/N-ethyl adjacent to an activating group) is 1. The number of fused-ring (bicyclic) bond motifs is 1. The van der Waals surface area contributed by atoms with Gasteiger partial charge in [0.25, 0.3) is 0 Å². The summed E-state index contributed by atoms with van der Waals surface area (Å²) >= 11 is 0. The molecule has 0 atom stereocenters. The van der Waals surface area contributed by atoms with E-state index in [4.69, 9.17) is 0 Å². The molecule has 0 radical (unpaired) electrons. The summed E-state index contributed by atoms with van der Waals surface area (Å²) in [5.74, 6) is 0. The van der Waals surface area contributed by atoms with E-state index in [-0.39, 0.29) is 0 Å². The first-order chi connectivity index (χ1) is 8.61. The van der Waals surface area contributed by atoms with Crippen LogP contribution in [0.5, 0.6) is 0 Å². The molecule has 0 saturated heterocycles. The first-order valence-electron chi connectivity index (χ1n) is 6.79. The number of benzene rings is 1. The summed E-state index contributed by atoms with van der Waals surface area (Å²) in [5.41, 5.74) is 4.23. The third-order valence-corrected chi connectivity index (χ3v) is 3.34. The van der Waals surface area contributed by atoms with Gasteiger partial charge < -0.3 is 9.47 Å². The van der Waals surface area contributed by atoms with Crippen molar-refractivity contribution in [1.82, 2.24) is 9.47 Å². The number of rotatable bonds is 3. The molecule has 0 aliphatic carbocycles. The first kappa shape index (κ1) is 14.8. The second-order valence-electron chi connectivity index (χ2n) is 4.69. The Morgan fingerprint density at radius 2 is 1.72 bits per heavy atom. The second-order valence-corrected chi connectivity index (χ2v) is 4.69. The molecule has 1 aromatic carbocycles. The molecule has 2 heteroatoms. The van der Waals surface area contributed by atoms with Gasteiger partial charge in [0.05, 0.1) is 0 Å². The Hall–Kier alpha value is -1.28. The van der Waals surface area contributed by atoms with E-state index in [1.165, 1.54) is 22.2 Å². The van der Waals surface area contributed by atoms with E-state index in [1.54, 1.807) is 0 Å². The average Bonchev–Trinajstić information content (AvgIpc) is 2.63. The van der Waals surface area contributed by atoms with Gasteiger partial charge >= 0.3 is 0 Å². The monoisotopic (exact) mass is 246 g/mol. The Kier molecular flexibility index (Phi) is 5.42. The third kappa shape index (κ3) is 2.94. The summed E-state index contributed by atoms with van der Waals surface area (Å²) in [5, 5.41) is 1.41. The molecule has 0 spiro atoms. The molecule has 18 heavy (non-hydrogen) atoms. The largest absolute Gasteiger partial charge is 0.348 e.